The van der Waals surface area contributed by atoms with E-state index in [0.717, 1.165) is 0 Å². The van der Waals surface area contributed by atoms with Crippen LogP contribution in [-0.2, 0) is 6.61 Å². The number of aliphatic hydroxyl groups excluding tert-OH is 1. The van der Waals surface area contributed by atoms with E-state index in [4.69, 9.17) is 0 Å². The van der Waals surface area contributed by atoms with Gasteiger partial charge in [0.2, 0.25) is 0 Å². The zero-order valence-electron chi connectivity index (χ0n) is 14.8. The summed E-state index contributed by atoms with van der Waals surface area (Å²) in [5, 5.41) is 9.42. The van der Waals surface area contributed by atoms with Crippen LogP contribution in [0.15, 0.2) is 84.0 Å². The first-order chi connectivity index (χ1) is 13.7. The van der Waals surface area contributed by atoms with Crippen molar-refractivity contribution in [1.29, 1.82) is 0 Å². The van der Waals surface area contributed by atoms with E-state index in [1.807, 2.05) is 0 Å². The van der Waals surface area contributed by atoms with E-state index in [2.05, 4.69) is 9.97 Å². The molecule has 0 bridgehead atoms. The molecule has 0 amide bonds. The first-order valence-corrected chi connectivity index (χ1v) is 8.66. The summed E-state index contributed by atoms with van der Waals surface area (Å²) >= 11 is 0. The summed E-state index contributed by atoms with van der Waals surface area (Å²) in [6.45, 7) is -0.149. The lowest BCUT2D eigenvalue weighted by Crippen LogP contribution is -2.20. The quantitative estimate of drug-likeness (QED) is 0.594. The highest BCUT2D eigenvalue weighted by Gasteiger charge is 2.15. The molecule has 2 aromatic heterocycles. The number of rotatable bonds is 4. The molecule has 138 valence electrons. The third-order valence-electron chi connectivity index (χ3n) is 4.38. The molecule has 4 rings (SSSR count). The van der Waals surface area contributed by atoms with Crippen LogP contribution in [0.2, 0.25) is 0 Å². The van der Waals surface area contributed by atoms with Gasteiger partial charge in [-0.05, 0) is 35.9 Å². The Morgan fingerprint density at radius 2 is 1.71 bits per heavy atom. The lowest BCUT2D eigenvalue weighted by atomic mass is 10.0. The van der Waals surface area contributed by atoms with Crippen molar-refractivity contribution in [3.8, 4) is 28.2 Å². The molecule has 0 atom stereocenters. The maximum atomic E-state index is 14.4. The van der Waals surface area contributed by atoms with Crippen LogP contribution in [0.4, 0.5) is 4.39 Å². The second kappa shape index (κ2) is 7.54. The molecule has 6 heteroatoms. The van der Waals surface area contributed by atoms with Gasteiger partial charge in [0.25, 0.3) is 5.56 Å². The smallest absolute Gasteiger partial charge is 0.263 e. The fourth-order valence-corrected chi connectivity index (χ4v) is 3.02. The van der Waals surface area contributed by atoms with Gasteiger partial charge in [-0.25, -0.2) is 14.4 Å². The lowest BCUT2D eigenvalue weighted by Gasteiger charge is -2.13. The molecule has 0 aliphatic carbocycles. The zero-order chi connectivity index (χ0) is 19.5. The van der Waals surface area contributed by atoms with Crippen molar-refractivity contribution >= 4 is 0 Å². The van der Waals surface area contributed by atoms with Crippen LogP contribution in [0.3, 0.4) is 0 Å². The van der Waals surface area contributed by atoms with Crippen LogP contribution in [0.25, 0.3) is 28.2 Å². The van der Waals surface area contributed by atoms with Gasteiger partial charge in [-0.2, -0.15) is 0 Å². The van der Waals surface area contributed by atoms with Gasteiger partial charge in [-0.1, -0.05) is 30.3 Å². The topological polar surface area (TPSA) is 68.0 Å². The molecule has 28 heavy (non-hydrogen) atoms. The van der Waals surface area contributed by atoms with Crippen LogP contribution >= 0.6 is 0 Å². The number of hydrogen-bond donors (Lipinski definition) is 1. The fourth-order valence-electron chi connectivity index (χ4n) is 3.02. The maximum absolute atomic E-state index is 14.4. The van der Waals surface area contributed by atoms with Crippen LogP contribution < -0.4 is 5.56 Å². The van der Waals surface area contributed by atoms with Crippen molar-refractivity contribution < 1.29 is 9.50 Å². The van der Waals surface area contributed by atoms with Gasteiger partial charge in [-0.15, -0.1) is 0 Å². The normalized spacial score (nSPS) is 10.8. The molecule has 0 aliphatic rings. The van der Waals surface area contributed by atoms with E-state index in [9.17, 15) is 14.3 Å². The largest absolute Gasteiger partial charge is 0.392 e. The van der Waals surface area contributed by atoms with Gasteiger partial charge in [-0.3, -0.25) is 9.36 Å². The summed E-state index contributed by atoms with van der Waals surface area (Å²) in [4.78, 5) is 21.7. The average molecular weight is 373 g/mol. The predicted molar refractivity (Wildman–Crippen MR) is 104 cm³/mol. The summed E-state index contributed by atoms with van der Waals surface area (Å²) < 4.78 is 15.9. The summed E-state index contributed by atoms with van der Waals surface area (Å²) in [5.74, 6) is -0.0615. The molecule has 0 aliphatic heterocycles. The molecule has 0 spiro atoms. The van der Waals surface area contributed by atoms with Crippen molar-refractivity contribution in [1.82, 2.24) is 14.5 Å². The minimum atomic E-state index is -0.485. The number of aromatic nitrogens is 3. The molecule has 0 saturated carbocycles. The van der Waals surface area contributed by atoms with Gasteiger partial charge in [0.1, 0.15) is 5.82 Å². The highest BCUT2D eigenvalue weighted by molar-refractivity contribution is 5.70. The Morgan fingerprint density at radius 3 is 2.46 bits per heavy atom. The molecular weight excluding hydrogens is 357 g/mol. The van der Waals surface area contributed by atoms with Gasteiger partial charge in [0.05, 0.1) is 12.2 Å². The molecule has 2 heterocycles. The molecule has 5 nitrogen and oxygen atoms in total. The highest BCUT2D eigenvalue weighted by atomic mass is 19.1. The van der Waals surface area contributed by atoms with Crippen molar-refractivity contribution in [3.05, 3.63) is 101 Å². The molecule has 0 saturated heterocycles. The van der Waals surface area contributed by atoms with Crippen LogP contribution in [0, 0.1) is 5.82 Å². The number of pyridine rings is 1. The van der Waals surface area contributed by atoms with Gasteiger partial charge >= 0.3 is 0 Å². The van der Waals surface area contributed by atoms with Crippen LogP contribution in [0.1, 0.15) is 5.56 Å². The highest BCUT2D eigenvalue weighted by Crippen LogP contribution is 2.25. The lowest BCUT2D eigenvalue weighted by molar-refractivity contribution is 0.282. The van der Waals surface area contributed by atoms with Crippen LogP contribution in [-0.4, -0.2) is 19.6 Å². The summed E-state index contributed by atoms with van der Waals surface area (Å²) in [5.41, 5.74) is 1.84. The molecular formula is C22H16FN3O2. The van der Waals surface area contributed by atoms with E-state index < -0.39 is 5.82 Å². The molecule has 0 radical (unpaired) electrons. The van der Waals surface area contributed by atoms with E-state index in [0.29, 0.717) is 22.6 Å². The minimum absolute atomic E-state index is 0.149. The minimum Gasteiger partial charge on any atom is -0.392 e. The monoisotopic (exact) mass is 373 g/mol. The molecule has 2 aromatic carbocycles. The van der Waals surface area contributed by atoms with E-state index in [1.54, 1.807) is 73.2 Å². The van der Waals surface area contributed by atoms with Crippen molar-refractivity contribution in [2.75, 3.05) is 0 Å². The Bertz CT molecular complexity index is 1190. The third-order valence-corrected chi connectivity index (χ3v) is 4.38. The molecule has 0 fully saturated rings. The first-order valence-electron chi connectivity index (χ1n) is 8.66. The number of nitrogens with zero attached hydrogens (tertiary/aromatic N) is 3. The van der Waals surface area contributed by atoms with Crippen molar-refractivity contribution in [2.24, 2.45) is 0 Å². The predicted octanol–water partition coefficient (Wildman–Crippen LogP) is 3.59. The Kier molecular flexibility index (Phi) is 4.78. The van der Waals surface area contributed by atoms with Gasteiger partial charge in [0, 0.05) is 35.4 Å². The van der Waals surface area contributed by atoms with Crippen molar-refractivity contribution in [3.63, 3.8) is 0 Å². The molecule has 1 N–H and O–H groups in total. The fraction of sp³-hybridized carbons (Fsp3) is 0.0455. The Hall–Kier alpha value is -3.64. The molecule has 0 unspecified atom stereocenters. The number of hydrogen-bond acceptors (Lipinski definition) is 4. The average Bonchev–Trinajstić information content (AvgIpc) is 2.75. The van der Waals surface area contributed by atoms with Crippen LogP contribution in [0.5, 0.6) is 0 Å². The van der Waals surface area contributed by atoms with E-state index >= 15 is 0 Å². The summed E-state index contributed by atoms with van der Waals surface area (Å²) in [6, 6.07) is 16.4. The van der Waals surface area contributed by atoms with Gasteiger partial charge in [0.15, 0.2) is 5.82 Å². The zero-order valence-corrected chi connectivity index (χ0v) is 14.8. The SMILES string of the molecule is O=c1c(-c2ccccc2F)cc(-c2ncccn2)cn1-c1cccc(CO)c1. The number of halogens is 1. The Balaban J connectivity index is 2.01. The maximum Gasteiger partial charge on any atom is 0.263 e. The summed E-state index contributed by atoms with van der Waals surface area (Å²) in [7, 11) is 0. The molecule has 4 aromatic rings. The van der Waals surface area contributed by atoms with E-state index in [-0.39, 0.29) is 23.3 Å². The third kappa shape index (κ3) is 3.33. The first kappa shape index (κ1) is 17.8. The summed E-state index contributed by atoms with van der Waals surface area (Å²) in [6.07, 6.45) is 4.83. The van der Waals surface area contributed by atoms with Crippen molar-refractivity contribution in [2.45, 2.75) is 6.61 Å². The standard InChI is InChI=1S/C22H16FN3O2/c23-20-8-2-1-7-18(20)19-12-16(21-24-9-4-10-25-21)13-26(22(19)28)17-6-3-5-15(11-17)14-27/h1-13,27H,14H2. The second-order valence-electron chi connectivity index (χ2n) is 6.20. The number of benzene rings is 2. The van der Waals surface area contributed by atoms with E-state index in [1.165, 1.54) is 10.6 Å². The number of aliphatic hydroxyl groups is 1. The second-order valence-corrected chi connectivity index (χ2v) is 6.20. The Labute approximate surface area is 160 Å². The Morgan fingerprint density at radius 1 is 0.929 bits per heavy atom. The van der Waals surface area contributed by atoms with Gasteiger partial charge < -0.3 is 5.11 Å².